The van der Waals surface area contributed by atoms with Crippen molar-refractivity contribution in [3.63, 3.8) is 0 Å². The van der Waals surface area contributed by atoms with Crippen molar-refractivity contribution >= 4 is 21.6 Å². The standard InChI is InChI=1S/C13H15BrN2O2/c14-9-3-4-10(15-8-9)11-7-12(18-16-11)13(17)5-1-2-6-13/h3-4,8,12,17H,1-2,5-7H2. The van der Waals surface area contributed by atoms with Crippen LogP contribution in [-0.2, 0) is 4.84 Å². The van der Waals surface area contributed by atoms with Crippen molar-refractivity contribution in [3.8, 4) is 0 Å². The number of aromatic nitrogens is 1. The summed E-state index contributed by atoms with van der Waals surface area (Å²) in [6.45, 7) is 0. The van der Waals surface area contributed by atoms with Gasteiger partial charge in [-0.1, -0.05) is 18.0 Å². The molecule has 0 bridgehead atoms. The third-order valence-corrected chi connectivity index (χ3v) is 4.23. The summed E-state index contributed by atoms with van der Waals surface area (Å²) in [6, 6.07) is 3.84. The van der Waals surface area contributed by atoms with E-state index in [1.807, 2.05) is 12.1 Å². The second kappa shape index (κ2) is 4.63. The monoisotopic (exact) mass is 310 g/mol. The molecule has 0 aromatic carbocycles. The molecule has 1 aliphatic carbocycles. The molecule has 4 nitrogen and oxygen atoms in total. The van der Waals surface area contributed by atoms with Gasteiger partial charge in [-0.2, -0.15) is 0 Å². The average molecular weight is 311 g/mol. The van der Waals surface area contributed by atoms with Gasteiger partial charge in [0, 0.05) is 17.1 Å². The fourth-order valence-electron chi connectivity index (χ4n) is 2.67. The van der Waals surface area contributed by atoms with Crippen LogP contribution in [0.3, 0.4) is 0 Å². The Kier molecular flexibility index (Phi) is 3.11. The highest BCUT2D eigenvalue weighted by molar-refractivity contribution is 9.10. The lowest BCUT2D eigenvalue weighted by molar-refractivity contribution is -0.0905. The van der Waals surface area contributed by atoms with Gasteiger partial charge < -0.3 is 9.94 Å². The highest BCUT2D eigenvalue weighted by Crippen LogP contribution is 2.37. The summed E-state index contributed by atoms with van der Waals surface area (Å²) in [5.74, 6) is 0. The number of nitrogens with zero attached hydrogens (tertiary/aromatic N) is 2. The third-order valence-electron chi connectivity index (χ3n) is 3.76. The van der Waals surface area contributed by atoms with Crippen LogP contribution in [0.2, 0.25) is 0 Å². The molecule has 0 amide bonds. The van der Waals surface area contributed by atoms with Crippen LogP contribution in [0, 0.1) is 0 Å². The minimum Gasteiger partial charge on any atom is -0.389 e. The number of aliphatic hydroxyl groups is 1. The van der Waals surface area contributed by atoms with Gasteiger partial charge in [0.2, 0.25) is 0 Å². The number of hydrogen-bond donors (Lipinski definition) is 1. The summed E-state index contributed by atoms with van der Waals surface area (Å²) in [4.78, 5) is 9.73. The van der Waals surface area contributed by atoms with E-state index in [-0.39, 0.29) is 6.10 Å². The summed E-state index contributed by atoms with van der Waals surface area (Å²) in [5.41, 5.74) is 0.954. The van der Waals surface area contributed by atoms with E-state index in [1.165, 1.54) is 0 Å². The first-order valence-electron chi connectivity index (χ1n) is 6.24. The molecule has 0 saturated heterocycles. The molecular weight excluding hydrogens is 296 g/mol. The van der Waals surface area contributed by atoms with Gasteiger partial charge in [0.15, 0.2) is 6.10 Å². The molecule has 2 aliphatic rings. The summed E-state index contributed by atoms with van der Waals surface area (Å²) >= 11 is 3.35. The quantitative estimate of drug-likeness (QED) is 0.913. The van der Waals surface area contributed by atoms with Crippen LogP contribution in [0.25, 0.3) is 0 Å². The maximum absolute atomic E-state index is 10.5. The molecule has 5 heteroatoms. The minimum atomic E-state index is -0.694. The Balaban J connectivity index is 1.72. The van der Waals surface area contributed by atoms with Gasteiger partial charge in [-0.05, 0) is 40.9 Å². The molecule has 1 aliphatic heterocycles. The van der Waals surface area contributed by atoms with Crippen molar-refractivity contribution < 1.29 is 9.94 Å². The molecule has 1 aromatic heterocycles. The highest BCUT2D eigenvalue weighted by Gasteiger charge is 2.44. The van der Waals surface area contributed by atoms with E-state index in [0.717, 1.165) is 41.6 Å². The predicted molar refractivity (Wildman–Crippen MR) is 71.4 cm³/mol. The molecule has 3 rings (SSSR count). The van der Waals surface area contributed by atoms with Crippen LogP contribution < -0.4 is 0 Å². The fourth-order valence-corrected chi connectivity index (χ4v) is 2.91. The molecule has 1 fully saturated rings. The van der Waals surface area contributed by atoms with Gasteiger partial charge in [0.05, 0.1) is 5.69 Å². The molecule has 1 saturated carbocycles. The lowest BCUT2D eigenvalue weighted by atomic mass is 9.91. The zero-order chi connectivity index (χ0) is 12.6. The summed E-state index contributed by atoms with van der Waals surface area (Å²) < 4.78 is 0.941. The number of hydrogen-bond acceptors (Lipinski definition) is 4. The number of oxime groups is 1. The van der Waals surface area contributed by atoms with Crippen LogP contribution in [-0.4, -0.2) is 27.5 Å². The molecular formula is C13H15BrN2O2. The summed E-state index contributed by atoms with van der Waals surface area (Å²) in [6.07, 6.45) is 5.95. The van der Waals surface area contributed by atoms with E-state index in [0.29, 0.717) is 6.42 Å². The lowest BCUT2D eigenvalue weighted by Crippen LogP contribution is -2.39. The van der Waals surface area contributed by atoms with E-state index in [4.69, 9.17) is 4.84 Å². The first kappa shape index (κ1) is 12.1. The van der Waals surface area contributed by atoms with Crippen molar-refractivity contribution in [2.75, 3.05) is 0 Å². The first-order valence-corrected chi connectivity index (χ1v) is 7.04. The Bertz CT molecular complexity index is 466. The Hall–Kier alpha value is -0.940. The third kappa shape index (κ3) is 2.17. The van der Waals surface area contributed by atoms with Gasteiger partial charge in [0.25, 0.3) is 0 Å². The van der Waals surface area contributed by atoms with Crippen molar-refractivity contribution in [3.05, 3.63) is 28.5 Å². The molecule has 96 valence electrons. The summed E-state index contributed by atoms with van der Waals surface area (Å²) in [5, 5.41) is 14.6. The van der Waals surface area contributed by atoms with Gasteiger partial charge >= 0.3 is 0 Å². The Morgan fingerprint density at radius 3 is 2.78 bits per heavy atom. The molecule has 2 heterocycles. The normalized spacial score (nSPS) is 25.9. The second-order valence-electron chi connectivity index (χ2n) is 5.01. The Morgan fingerprint density at radius 1 is 1.33 bits per heavy atom. The maximum atomic E-state index is 10.5. The van der Waals surface area contributed by atoms with E-state index in [9.17, 15) is 5.11 Å². The van der Waals surface area contributed by atoms with E-state index in [1.54, 1.807) is 6.20 Å². The van der Waals surface area contributed by atoms with Crippen LogP contribution in [0.1, 0.15) is 37.8 Å². The van der Waals surface area contributed by atoms with Crippen molar-refractivity contribution in [2.45, 2.75) is 43.8 Å². The van der Waals surface area contributed by atoms with Crippen LogP contribution in [0.5, 0.6) is 0 Å². The highest BCUT2D eigenvalue weighted by atomic mass is 79.9. The molecule has 0 radical (unpaired) electrons. The molecule has 18 heavy (non-hydrogen) atoms. The molecule has 1 N–H and O–H groups in total. The predicted octanol–water partition coefficient (Wildman–Crippen LogP) is 2.64. The van der Waals surface area contributed by atoms with Gasteiger partial charge in [-0.25, -0.2) is 0 Å². The topological polar surface area (TPSA) is 54.7 Å². The van der Waals surface area contributed by atoms with E-state index >= 15 is 0 Å². The first-order chi connectivity index (χ1) is 8.67. The lowest BCUT2D eigenvalue weighted by Gasteiger charge is -2.26. The molecule has 0 spiro atoms. The summed E-state index contributed by atoms with van der Waals surface area (Å²) in [7, 11) is 0. The van der Waals surface area contributed by atoms with Gasteiger partial charge in [0.1, 0.15) is 11.3 Å². The van der Waals surface area contributed by atoms with E-state index < -0.39 is 5.60 Å². The Labute approximate surface area is 114 Å². The zero-order valence-corrected chi connectivity index (χ0v) is 11.6. The number of halogens is 1. The van der Waals surface area contributed by atoms with E-state index in [2.05, 4.69) is 26.1 Å². The number of rotatable bonds is 2. The van der Waals surface area contributed by atoms with Crippen LogP contribution >= 0.6 is 15.9 Å². The smallest absolute Gasteiger partial charge is 0.161 e. The van der Waals surface area contributed by atoms with Crippen molar-refractivity contribution in [1.29, 1.82) is 0 Å². The van der Waals surface area contributed by atoms with Crippen molar-refractivity contribution in [1.82, 2.24) is 4.98 Å². The second-order valence-corrected chi connectivity index (χ2v) is 5.92. The Morgan fingerprint density at radius 2 is 2.11 bits per heavy atom. The molecule has 1 aromatic rings. The number of pyridine rings is 1. The fraction of sp³-hybridized carbons (Fsp3) is 0.538. The van der Waals surface area contributed by atoms with Gasteiger partial charge in [-0.15, -0.1) is 0 Å². The average Bonchev–Trinajstić information content (AvgIpc) is 2.99. The zero-order valence-electron chi connectivity index (χ0n) is 9.97. The van der Waals surface area contributed by atoms with Crippen LogP contribution in [0.15, 0.2) is 28.0 Å². The van der Waals surface area contributed by atoms with Crippen LogP contribution in [0.4, 0.5) is 0 Å². The minimum absolute atomic E-state index is 0.208. The van der Waals surface area contributed by atoms with Crippen molar-refractivity contribution in [2.24, 2.45) is 5.16 Å². The SMILES string of the molecule is OC1(C2CC(c3ccc(Br)cn3)=NO2)CCCC1. The molecule has 1 unspecified atom stereocenters. The molecule has 1 atom stereocenters. The maximum Gasteiger partial charge on any atom is 0.161 e. The van der Waals surface area contributed by atoms with Gasteiger partial charge in [-0.3, -0.25) is 4.98 Å². The largest absolute Gasteiger partial charge is 0.389 e.